The molecule has 1 amide bonds. The van der Waals surface area contributed by atoms with Crippen LogP contribution in [0.15, 0.2) is 53.9 Å². The number of aromatic nitrogens is 7. The van der Waals surface area contributed by atoms with Crippen LogP contribution in [0.2, 0.25) is 0 Å². The molecule has 14 heteroatoms. The number of halogens is 1. The third-order valence-corrected chi connectivity index (χ3v) is 9.71. The van der Waals surface area contributed by atoms with Crippen LogP contribution in [0.5, 0.6) is 0 Å². The number of hydrogen-bond donors (Lipinski definition) is 2. The molecular formula is C29H28FN9O3S. The summed E-state index contributed by atoms with van der Waals surface area (Å²) in [7, 11) is -3.78. The van der Waals surface area contributed by atoms with Gasteiger partial charge in [0.1, 0.15) is 22.9 Å². The first kappa shape index (κ1) is 27.1. The van der Waals surface area contributed by atoms with Crippen LogP contribution in [0.25, 0.3) is 28.0 Å². The van der Waals surface area contributed by atoms with Crippen LogP contribution in [0.3, 0.4) is 0 Å². The van der Waals surface area contributed by atoms with E-state index in [2.05, 4.69) is 25.3 Å². The van der Waals surface area contributed by atoms with Crippen molar-refractivity contribution in [2.24, 2.45) is 0 Å². The minimum absolute atomic E-state index is 0.0130. The lowest BCUT2D eigenvalue weighted by Crippen LogP contribution is -2.46. The van der Waals surface area contributed by atoms with Crippen molar-refractivity contribution in [3.63, 3.8) is 0 Å². The Morgan fingerprint density at radius 1 is 1.09 bits per heavy atom. The second-order valence-electron chi connectivity index (χ2n) is 11.3. The molecule has 220 valence electrons. The molecule has 2 bridgehead atoms. The SMILES string of the molecule is Cc1ccc(-c2ccc(-c3cnn4c(N)c(S(C)(=O)=O)c(C5CC6CCC(C5)N6C(=O)c5nnc[nH]5)nc34)cn2)cc1F. The Morgan fingerprint density at radius 3 is 2.47 bits per heavy atom. The minimum atomic E-state index is -3.78. The quantitative estimate of drug-likeness (QED) is 0.306. The lowest BCUT2D eigenvalue weighted by atomic mass is 9.87. The summed E-state index contributed by atoms with van der Waals surface area (Å²) in [5.41, 5.74) is 10.4. The summed E-state index contributed by atoms with van der Waals surface area (Å²) in [5.74, 6) is -0.584. The third-order valence-electron chi connectivity index (χ3n) is 8.55. The van der Waals surface area contributed by atoms with Crippen molar-refractivity contribution in [2.45, 2.75) is 55.5 Å². The number of aryl methyl sites for hydroxylation is 1. The number of nitrogens with zero attached hydrogens (tertiary/aromatic N) is 7. The lowest BCUT2D eigenvalue weighted by Gasteiger charge is -2.38. The van der Waals surface area contributed by atoms with Crippen molar-refractivity contribution in [2.75, 3.05) is 12.0 Å². The third kappa shape index (κ3) is 4.52. The number of nitrogen functional groups attached to an aromatic ring is 1. The number of carbonyl (C=O) groups is 1. The fourth-order valence-corrected chi connectivity index (χ4v) is 7.58. The highest BCUT2D eigenvalue weighted by molar-refractivity contribution is 7.91. The Labute approximate surface area is 246 Å². The van der Waals surface area contributed by atoms with E-state index in [4.69, 9.17) is 10.7 Å². The molecule has 3 N–H and O–H groups in total. The lowest BCUT2D eigenvalue weighted by molar-refractivity contribution is 0.0556. The van der Waals surface area contributed by atoms with E-state index in [-0.39, 0.29) is 46.3 Å². The molecule has 2 unspecified atom stereocenters. The van der Waals surface area contributed by atoms with Gasteiger partial charge in [-0.15, -0.1) is 10.2 Å². The number of pyridine rings is 1. The van der Waals surface area contributed by atoms with Crippen LogP contribution >= 0.6 is 0 Å². The first-order valence-corrected chi connectivity index (χ1v) is 15.8. The fourth-order valence-electron chi connectivity index (χ4n) is 6.52. The Balaban J connectivity index is 1.27. The molecule has 12 nitrogen and oxygen atoms in total. The van der Waals surface area contributed by atoms with Gasteiger partial charge in [0.2, 0.25) is 5.82 Å². The van der Waals surface area contributed by atoms with Gasteiger partial charge in [0.25, 0.3) is 5.91 Å². The topological polar surface area (TPSA) is 165 Å². The highest BCUT2D eigenvalue weighted by Gasteiger charge is 2.46. The second kappa shape index (κ2) is 9.93. The Bertz CT molecular complexity index is 1980. The molecule has 43 heavy (non-hydrogen) atoms. The Hall–Kier alpha value is -4.72. The van der Waals surface area contributed by atoms with E-state index in [1.807, 2.05) is 17.0 Å². The summed E-state index contributed by atoms with van der Waals surface area (Å²) in [4.78, 5) is 27.2. The molecular weight excluding hydrogens is 573 g/mol. The zero-order valence-corrected chi connectivity index (χ0v) is 24.2. The molecule has 2 aliphatic rings. The van der Waals surface area contributed by atoms with Crippen LogP contribution in [-0.2, 0) is 9.84 Å². The van der Waals surface area contributed by atoms with Gasteiger partial charge in [-0.1, -0.05) is 18.2 Å². The summed E-state index contributed by atoms with van der Waals surface area (Å²) >= 11 is 0. The molecule has 1 aromatic carbocycles. The van der Waals surface area contributed by atoms with E-state index in [9.17, 15) is 17.6 Å². The molecule has 2 aliphatic heterocycles. The minimum Gasteiger partial charge on any atom is -0.382 e. The summed E-state index contributed by atoms with van der Waals surface area (Å²) in [6.45, 7) is 1.70. The number of fused-ring (bicyclic) bond motifs is 3. The summed E-state index contributed by atoms with van der Waals surface area (Å²) in [5, 5.41) is 12.0. The highest BCUT2D eigenvalue weighted by atomic mass is 32.2. The number of anilines is 1. The summed E-state index contributed by atoms with van der Waals surface area (Å²) < 4.78 is 41.6. The fraction of sp³-hybridized carbons (Fsp3) is 0.310. The van der Waals surface area contributed by atoms with Crippen molar-refractivity contribution in [1.82, 2.24) is 39.7 Å². The molecule has 2 atom stereocenters. The number of nitrogens with two attached hydrogens (primary N) is 1. The van der Waals surface area contributed by atoms with E-state index in [0.29, 0.717) is 52.1 Å². The van der Waals surface area contributed by atoms with Gasteiger partial charge < -0.3 is 15.6 Å². The van der Waals surface area contributed by atoms with E-state index in [1.165, 1.54) is 16.9 Å². The monoisotopic (exact) mass is 601 g/mol. The first-order chi connectivity index (χ1) is 20.6. The van der Waals surface area contributed by atoms with Crippen molar-refractivity contribution >= 4 is 27.2 Å². The van der Waals surface area contributed by atoms with E-state index >= 15 is 0 Å². The number of amides is 1. The van der Waals surface area contributed by atoms with Crippen LogP contribution in [-0.4, -0.2) is 72.3 Å². The molecule has 5 aromatic rings. The highest BCUT2D eigenvalue weighted by Crippen LogP contribution is 2.45. The number of benzene rings is 1. The van der Waals surface area contributed by atoms with Crippen molar-refractivity contribution < 1.29 is 17.6 Å². The maximum Gasteiger partial charge on any atom is 0.292 e. The van der Waals surface area contributed by atoms with Gasteiger partial charge in [-0.3, -0.25) is 9.78 Å². The van der Waals surface area contributed by atoms with Gasteiger partial charge in [-0.2, -0.15) is 9.61 Å². The van der Waals surface area contributed by atoms with Crippen molar-refractivity contribution in [3.8, 4) is 22.4 Å². The molecule has 7 rings (SSSR count). The first-order valence-electron chi connectivity index (χ1n) is 13.9. The zero-order valence-electron chi connectivity index (χ0n) is 23.4. The van der Waals surface area contributed by atoms with E-state index in [0.717, 1.165) is 19.1 Å². The average molecular weight is 602 g/mol. The van der Waals surface area contributed by atoms with Gasteiger partial charge in [-0.25, -0.2) is 17.8 Å². The van der Waals surface area contributed by atoms with Crippen molar-refractivity contribution in [1.29, 1.82) is 0 Å². The number of carbonyl (C=O) groups excluding carboxylic acids is 1. The molecule has 0 saturated carbocycles. The normalized spacial score (nSPS) is 20.2. The number of sulfone groups is 1. The van der Waals surface area contributed by atoms with Gasteiger partial charge in [-0.05, 0) is 50.3 Å². The van der Waals surface area contributed by atoms with Gasteiger partial charge >= 0.3 is 0 Å². The molecule has 2 fully saturated rings. The van der Waals surface area contributed by atoms with Gasteiger partial charge in [0.05, 0.1) is 17.6 Å². The summed E-state index contributed by atoms with van der Waals surface area (Å²) in [6, 6.07) is 8.41. The molecule has 0 radical (unpaired) electrons. The van der Waals surface area contributed by atoms with Crippen LogP contribution in [0.1, 0.15) is 53.5 Å². The van der Waals surface area contributed by atoms with Gasteiger partial charge in [0, 0.05) is 47.1 Å². The number of aromatic amines is 1. The molecule has 2 saturated heterocycles. The number of rotatable bonds is 5. The molecule has 0 spiro atoms. The average Bonchev–Trinajstić information content (AvgIpc) is 3.72. The van der Waals surface area contributed by atoms with Crippen molar-refractivity contribution in [3.05, 3.63) is 72.0 Å². The predicted octanol–water partition coefficient (Wildman–Crippen LogP) is 3.56. The predicted molar refractivity (Wildman–Crippen MR) is 155 cm³/mol. The smallest absolute Gasteiger partial charge is 0.292 e. The Kier molecular flexibility index (Phi) is 6.27. The van der Waals surface area contributed by atoms with Crippen LogP contribution in [0, 0.1) is 12.7 Å². The number of nitrogens with one attached hydrogen (secondary N) is 1. The standard InChI is InChI=1S/C29H28FN9O3S/c1-15-3-4-16(11-22(15)30)23-8-5-17(12-32-23)21-13-35-39-26(31)25(43(2,41)42)24(36-28(21)39)18-9-19-6-7-20(10-18)38(19)29(40)27-33-14-34-37-27/h3-5,8,11-14,18-20H,6-7,9-10,31H2,1-2H3,(H,33,34,37). The molecule has 0 aliphatic carbocycles. The maximum absolute atomic E-state index is 14.1. The zero-order chi connectivity index (χ0) is 30.0. The maximum atomic E-state index is 14.1. The van der Waals surface area contributed by atoms with Crippen LogP contribution < -0.4 is 5.73 Å². The largest absolute Gasteiger partial charge is 0.382 e. The van der Waals surface area contributed by atoms with Gasteiger partial charge in [0.15, 0.2) is 15.5 Å². The second-order valence-corrected chi connectivity index (χ2v) is 13.2. The number of H-pyrrole nitrogens is 1. The van der Waals surface area contributed by atoms with E-state index < -0.39 is 9.84 Å². The number of hydrogen-bond acceptors (Lipinski definition) is 9. The molecule has 6 heterocycles. The van der Waals surface area contributed by atoms with E-state index in [1.54, 1.807) is 31.5 Å². The number of piperidine rings is 1. The summed E-state index contributed by atoms with van der Waals surface area (Å²) in [6.07, 6.45) is 8.40. The Morgan fingerprint density at radius 2 is 1.84 bits per heavy atom. The molecule has 4 aromatic heterocycles. The van der Waals surface area contributed by atoms with Crippen LogP contribution in [0.4, 0.5) is 10.2 Å².